The molecule has 0 bridgehead atoms. The van der Waals surface area contributed by atoms with Gasteiger partial charge in [0.1, 0.15) is 29.3 Å². The fourth-order valence-electron chi connectivity index (χ4n) is 10.2. The smallest absolute Gasteiger partial charge is 0.442 e. The average Bonchev–Trinajstić information content (AvgIpc) is 0.769. The Kier molecular flexibility index (Phi) is 81.3. The van der Waals surface area contributed by atoms with Gasteiger partial charge in [0.2, 0.25) is 0 Å². The lowest BCUT2D eigenvalue weighted by molar-refractivity contribution is 0.0904. The highest BCUT2D eigenvalue weighted by atomic mass is 28.6. The molecule has 0 spiro atoms. The molecule has 107 heavy (non-hydrogen) atoms. The Morgan fingerprint density at radius 3 is 0.720 bits per heavy atom. The summed E-state index contributed by atoms with van der Waals surface area (Å²) >= 11 is 0. The van der Waals surface area contributed by atoms with E-state index in [-0.39, 0.29) is 56.0 Å². The van der Waals surface area contributed by atoms with Crippen molar-refractivity contribution in [2.75, 3.05) is 146 Å². The second-order valence-corrected chi connectivity index (χ2v) is 78.4. The molecular formula is C63H170O28Si16. The van der Waals surface area contributed by atoms with Gasteiger partial charge in [0, 0.05) is 59.9 Å². The molecule has 0 rings (SSSR count). The summed E-state index contributed by atoms with van der Waals surface area (Å²) in [4.78, 5) is 0. The van der Waals surface area contributed by atoms with Crippen LogP contribution in [0.2, 0.25) is 181 Å². The number of unbranched alkanes of at least 4 members (excludes halogenated alkanes) is 3. The van der Waals surface area contributed by atoms with Gasteiger partial charge < -0.3 is 127 Å². The van der Waals surface area contributed by atoms with Crippen LogP contribution in [0.15, 0.2) is 0 Å². The van der Waals surface area contributed by atoms with Gasteiger partial charge in [-0.1, -0.05) is 66.2 Å². The molecule has 0 radical (unpaired) electrons. The van der Waals surface area contributed by atoms with E-state index >= 15 is 0 Å². The van der Waals surface area contributed by atoms with Gasteiger partial charge >= 0.3 is 69.9 Å². The predicted molar refractivity (Wildman–Crippen MR) is 474 cm³/mol. The lowest BCUT2D eigenvalue weighted by Crippen LogP contribution is -2.70. The molecule has 0 heterocycles. The molecule has 0 aromatic carbocycles. The van der Waals surface area contributed by atoms with Crippen LogP contribution < -0.4 is 0 Å². The molecule has 0 saturated heterocycles. The van der Waals surface area contributed by atoms with Gasteiger partial charge in [-0.05, 0) is 194 Å². The first-order chi connectivity index (χ1) is 49.8. The molecule has 44 heteroatoms. The summed E-state index contributed by atoms with van der Waals surface area (Å²) < 4.78 is 129. The second kappa shape index (κ2) is 72.4. The highest BCUT2D eigenvalue weighted by Gasteiger charge is 2.62. The zero-order chi connectivity index (χ0) is 83.5. The van der Waals surface area contributed by atoms with E-state index in [9.17, 15) is 0 Å². The van der Waals surface area contributed by atoms with Crippen molar-refractivity contribution in [1.82, 2.24) is 0 Å². The lowest BCUT2D eigenvalue weighted by Gasteiger charge is -2.47. The Balaban J connectivity index is -0.000000382. The van der Waals surface area contributed by atoms with Crippen LogP contribution in [0.5, 0.6) is 0 Å². The number of hydrogen-bond donors (Lipinski definition) is 7. The van der Waals surface area contributed by atoms with Crippen molar-refractivity contribution in [3.63, 3.8) is 0 Å². The molecule has 0 saturated carbocycles. The van der Waals surface area contributed by atoms with Crippen molar-refractivity contribution in [3.8, 4) is 0 Å². The van der Waals surface area contributed by atoms with Gasteiger partial charge in [-0.3, -0.25) is 0 Å². The van der Waals surface area contributed by atoms with Gasteiger partial charge in [-0.2, -0.15) is 0 Å². The standard InChI is InChI=1S/C30H80O14Si9.C13H40O7Si6.3C6H14O2.C2H8OSi/c1-45-37-49(8,9)41-53(42-50(10,11)38-46(2,3)28-16-22-34-25-19-31,43-51(12,13)39-47(4,5)29-17-23-35-26-20-32)44-52(14,15)40-48(6,7)30-18-24-36-27-21-33;1-21-16-25(6,7)20-26(8,17-22-2)19-23(3)18-24(4,5)13-9-11-15-12-10-14;3*1-2-3-5-8-6-4-7;1-3-4-2/h31-33H,16-30,45H2,1-15H3;14,23H,9-13,21-22H2,1-8H3;3*7H,2-6H2,1H3;4H2,1-2H3/t;23?,26-;;;;/m.0..../s1. The molecule has 0 aliphatic heterocycles. The Morgan fingerprint density at radius 2 is 0.495 bits per heavy atom. The minimum Gasteiger partial charge on any atom is -0.442 e. The van der Waals surface area contributed by atoms with Crippen LogP contribution in [-0.4, -0.2) is 324 Å². The van der Waals surface area contributed by atoms with Crippen molar-refractivity contribution in [2.45, 2.75) is 266 Å². The maximum absolute atomic E-state index is 9.10. The zero-order valence-electron chi connectivity index (χ0n) is 73.4. The van der Waals surface area contributed by atoms with Crippen LogP contribution in [0, 0.1) is 0 Å². The molecule has 0 aromatic rings. The van der Waals surface area contributed by atoms with Gasteiger partial charge in [-0.15, -0.1) is 0 Å². The zero-order valence-corrected chi connectivity index (χ0v) is 91.2. The van der Waals surface area contributed by atoms with Crippen LogP contribution in [0.4, 0.5) is 0 Å². The van der Waals surface area contributed by atoms with E-state index in [4.69, 9.17) is 122 Å². The van der Waals surface area contributed by atoms with Crippen LogP contribution in [0.3, 0.4) is 0 Å². The third-order valence-electron chi connectivity index (χ3n) is 13.9. The number of rotatable bonds is 66. The number of ether oxygens (including phenoxy) is 7. The van der Waals surface area contributed by atoms with Gasteiger partial charge in [0.05, 0.1) is 92.5 Å². The molecule has 0 fully saturated rings. The fraction of sp³-hybridized carbons (Fsp3) is 1.00. The molecule has 0 aliphatic carbocycles. The molecule has 28 nitrogen and oxygen atoms in total. The summed E-state index contributed by atoms with van der Waals surface area (Å²) in [6, 6.07) is 3.58. The number of aliphatic hydroxyl groups excluding tert-OH is 7. The van der Waals surface area contributed by atoms with E-state index in [0.717, 1.165) is 108 Å². The summed E-state index contributed by atoms with van der Waals surface area (Å²) in [7, 11) is -31.8. The molecular weight excluding hydrogens is 1650 g/mol. The van der Waals surface area contributed by atoms with Crippen LogP contribution in [0.1, 0.15) is 85.0 Å². The number of hydrogen-bond acceptors (Lipinski definition) is 28. The normalized spacial score (nSPS) is 14.0. The van der Waals surface area contributed by atoms with Crippen molar-refractivity contribution in [2.24, 2.45) is 0 Å². The fourth-order valence-corrected chi connectivity index (χ4v) is 68.1. The highest BCUT2D eigenvalue weighted by molar-refractivity contribution is 6.94. The monoisotopic (exact) mass is 1820 g/mol. The van der Waals surface area contributed by atoms with Crippen LogP contribution in [0.25, 0.3) is 0 Å². The van der Waals surface area contributed by atoms with Crippen LogP contribution >= 0.6 is 0 Å². The Labute approximate surface area is 676 Å². The van der Waals surface area contributed by atoms with Crippen molar-refractivity contribution in [3.05, 3.63) is 0 Å². The third-order valence-corrected chi connectivity index (χ3v) is 66.6. The maximum Gasteiger partial charge on any atom is 0.643 e. The van der Waals surface area contributed by atoms with Gasteiger partial charge in [0.15, 0.2) is 43.0 Å². The first-order valence-corrected chi connectivity index (χ1v) is 80.0. The Morgan fingerprint density at radius 1 is 0.271 bits per heavy atom. The van der Waals surface area contributed by atoms with E-state index < -0.39 is 132 Å². The van der Waals surface area contributed by atoms with E-state index in [0.29, 0.717) is 72.7 Å². The quantitative estimate of drug-likeness (QED) is 0.0221. The second-order valence-electron chi connectivity index (χ2n) is 29.7. The van der Waals surface area contributed by atoms with Gasteiger partial charge in [-0.25, -0.2) is 0 Å². The Bertz CT molecular complexity index is 1770. The maximum atomic E-state index is 9.10. The predicted octanol–water partition coefficient (Wildman–Crippen LogP) is 8.52. The molecule has 0 amide bonds. The van der Waals surface area contributed by atoms with Crippen molar-refractivity contribution in [1.29, 1.82) is 0 Å². The van der Waals surface area contributed by atoms with Crippen molar-refractivity contribution >= 4 is 142 Å². The first-order valence-electron chi connectivity index (χ1n) is 39.5. The SMILES string of the molecule is CCCCOCCO.CCCCOCCO.CCCCOCCO.CO[SiH2]C.C[SiH2]O[Si](C)(C)O[Si@@](C)(O[SiH2]C)O[SiH](C)O[Si](C)(C)CCCOCCO.C[SiH2]O[Si](C)(C)O[Si](O[Si](C)(C)O[Si](C)(C)CCCOCCO)(O[Si](C)(C)O[Si](C)(C)CCCOCCO)O[Si](C)(C)O[Si](C)(C)CCCOCCO. The first kappa shape index (κ1) is 120. The molecule has 0 aliphatic rings. The molecule has 2 atom stereocenters. The third kappa shape index (κ3) is 84.6. The highest BCUT2D eigenvalue weighted by Crippen LogP contribution is 2.35. The lowest BCUT2D eigenvalue weighted by atomic mass is 10.4. The molecule has 1 unspecified atom stereocenters. The van der Waals surface area contributed by atoms with Crippen molar-refractivity contribution < 1.29 is 127 Å². The summed E-state index contributed by atoms with van der Waals surface area (Å²) in [6.45, 7) is 64.8. The summed E-state index contributed by atoms with van der Waals surface area (Å²) in [5.41, 5.74) is 0. The van der Waals surface area contributed by atoms with E-state index in [1.165, 1.54) is 0 Å². The number of aliphatic hydroxyl groups is 7. The molecule has 7 N–H and O–H groups in total. The summed E-state index contributed by atoms with van der Waals surface area (Å²) in [5.74, 6) is 0. The van der Waals surface area contributed by atoms with E-state index in [2.05, 4.69) is 123 Å². The van der Waals surface area contributed by atoms with Crippen LogP contribution in [-0.2, 0) is 91.1 Å². The summed E-state index contributed by atoms with van der Waals surface area (Å²) in [6.07, 6.45) is 10.2. The minimum atomic E-state index is -4.14. The van der Waals surface area contributed by atoms with E-state index in [1.54, 1.807) is 7.11 Å². The van der Waals surface area contributed by atoms with E-state index in [1.807, 2.05) is 58.9 Å². The largest absolute Gasteiger partial charge is 0.643 e. The average molecular weight is 1830 g/mol. The molecule has 0 aromatic heterocycles. The molecule has 654 valence electrons. The minimum absolute atomic E-state index is 0.00585. The Hall–Kier alpha value is 2.35. The summed E-state index contributed by atoms with van der Waals surface area (Å²) in [5, 5.41) is 60.8. The van der Waals surface area contributed by atoms with Gasteiger partial charge in [0.25, 0.3) is 0 Å². The topological polar surface area (TPSA) is 335 Å².